The fourth-order valence-electron chi connectivity index (χ4n) is 3.73. The number of urea groups is 1. The molecule has 0 spiro atoms. The van der Waals surface area contributed by atoms with Gasteiger partial charge in [-0.15, -0.1) is 0 Å². The van der Waals surface area contributed by atoms with E-state index in [1.54, 1.807) is 35.2 Å². The molecule has 8 nitrogen and oxygen atoms in total. The van der Waals surface area contributed by atoms with Crippen molar-refractivity contribution in [2.45, 2.75) is 37.0 Å². The zero-order valence-electron chi connectivity index (χ0n) is 16.8. The molecule has 1 N–H and O–H groups in total. The Morgan fingerprint density at radius 2 is 1.69 bits per heavy atom. The number of likely N-dealkylation sites (tertiary alicyclic amines) is 1. The van der Waals surface area contributed by atoms with Crippen LogP contribution in [-0.2, 0) is 14.8 Å². The minimum atomic E-state index is -3.52. The first-order valence-corrected chi connectivity index (χ1v) is 11.8. The van der Waals surface area contributed by atoms with Gasteiger partial charge in [-0.3, -0.25) is 4.79 Å². The number of carbonyl (C=O) groups excluding carboxylic acids is 2. The first-order chi connectivity index (χ1) is 14.0. The Morgan fingerprint density at radius 1 is 0.966 bits per heavy atom. The van der Waals surface area contributed by atoms with Crippen molar-refractivity contribution in [3.63, 3.8) is 0 Å². The Balaban J connectivity index is 1.39. The van der Waals surface area contributed by atoms with Gasteiger partial charge in [0.2, 0.25) is 15.9 Å². The summed E-state index contributed by atoms with van der Waals surface area (Å²) in [5, 5.41) is 2.89. The smallest absolute Gasteiger partial charge is 0.317 e. The second kappa shape index (κ2) is 10.1. The summed E-state index contributed by atoms with van der Waals surface area (Å²) in [6, 6.07) is 8.19. The highest BCUT2D eigenvalue weighted by Gasteiger charge is 2.29. The maximum absolute atomic E-state index is 12.7. The molecule has 0 unspecified atom stereocenters. The lowest BCUT2D eigenvalue weighted by Crippen LogP contribution is -2.53. The van der Waals surface area contributed by atoms with Crippen LogP contribution in [0, 0.1) is 0 Å². The Hall–Kier alpha value is -2.13. The third kappa shape index (κ3) is 5.70. The second-order valence-electron chi connectivity index (χ2n) is 7.48. The highest BCUT2D eigenvalue weighted by Crippen LogP contribution is 2.17. The zero-order valence-corrected chi connectivity index (χ0v) is 17.6. The maximum Gasteiger partial charge on any atom is 0.317 e. The molecule has 2 aliphatic heterocycles. The van der Waals surface area contributed by atoms with Crippen LogP contribution in [0.1, 0.15) is 32.1 Å². The van der Waals surface area contributed by atoms with Gasteiger partial charge in [-0.2, -0.15) is 4.31 Å². The number of amides is 3. The van der Waals surface area contributed by atoms with Crippen LogP contribution in [-0.4, -0.2) is 80.3 Å². The summed E-state index contributed by atoms with van der Waals surface area (Å²) < 4.78 is 26.7. The van der Waals surface area contributed by atoms with Gasteiger partial charge in [0.15, 0.2) is 0 Å². The number of hydrogen-bond acceptors (Lipinski definition) is 4. The minimum absolute atomic E-state index is 0.177. The molecule has 0 aliphatic carbocycles. The zero-order chi connectivity index (χ0) is 20.7. The number of nitrogens with one attached hydrogen (secondary N) is 1. The summed E-state index contributed by atoms with van der Waals surface area (Å²) in [7, 11) is -3.52. The van der Waals surface area contributed by atoms with Crippen molar-refractivity contribution in [3.8, 4) is 0 Å². The monoisotopic (exact) mass is 422 g/mol. The molecule has 0 bridgehead atoms. The van der Waals surface area contributed by atoms with E-state index in [0.717, 1.165) is 32.2 Å². The van der Waals surface area contributed by atoms with Gasteiger partial charge in [0.05, 0.1) is 4.90 Å². The lowest BCUT2D eigenvalue weighted by Gasteiger charge is -2.34. The van der Waals surface area contributed by atoms with Gasteiger partial charge >= 0.3 is 6.03 Å². The van der Waals surface area contributed by atoms with E-state index in [-0.39, 0.29) is 29.9 Å². The molecule has 160 valence electrons. The maximum atomic E-state index is 12.7. The molecule has 2 heterocycles. The summed E-state index contributed by atoms with van der Waals surface area (Å²) >= 11 is 0. The molecule has 2 saturated heterocycles. The summed E-state index contributed by atoms with van der Waals surface area (Å²) in [5.74, 6) is 0.213. The van der Waals surface area contributed by atoms with E-state index in [1.807, 2.05) is 4.90 Å². The Labute approximate surface area is 172 Å². The van der Waals surface area contributed by atoms with Crippen molar-refractivity contribution >= 4 is 22.0 Å². The SMILES string of the molecule is O=C1CCCCCN1CCCNC(=O)N1CCN(S(=O)(=O)c2ccccc2)CC1. The number of piperazine rings is 1. The van der Waals surface area contributed by atoms with Crippen LogP contribution in [0.2, 0.25) is 0 Å². The Morgan fingerprint density at radius 3 is 2.41 bits per heavy atom. The van der Waals surface area contributed by atoms with Gasteiger partial charge in [0.1, 0.15) is 0 Å². The molecule has 1 aromatic carbocycles. The Kier molecular flexibility index (Phi) is 7.49. The fraction of sp³-hybridized carbons (Fsp3) is 0.600. The lowest BCUT2D eigenvalue weighted by atomic mass is 10.2. The molecule has 0 aromatic heterocycles. The molecule has 3 amide bonds. The predicted molar refractivity (Wildman–Crippen MR) is 110 cm³/mol. The first-order valence-electron chi connectivity index (χ1n) is 10.3. The molecule has 2 fully saturated rings. The number of rotatable bonds is 6. The number of benzene rings is 1. The van der Waals surface area contributed by atoms with E-state index < -0.39 is 10.0 Å². The van der Waals surface area contributed by atoms with Gasteiger partial charge in [-0.25, -0.2) is 13.2 Å². The van der Waals surface area contributed by atoms with Crippen LogP contribution in [0.4, 0.5) is 4.79 Å². The van der Waals surface area contributed by atoms with Crippen molar-refractivity contribution in [1.29, 1.82) is 0 Å². The van der Waals surface area contributed by atoms with Crippen molar-refractivity contribution < 1.29 is 18.0 Å². The molecule has 1 aromatic rings. The largest absolute Gasteiger partial charge is 0.343 e. The summed E-state index contributed by atoms with van der Waals surface area (Å²) in [6.45, 7) is 3.28. The third-order valence-electron chi connectivity index (χ3n) is 5.46. The lowest BCUT2D eigenvalue weighted by molar-refractivity contribution is -0.130. The third-order valence-corrected chi connectivity index (χ3v) is 7.37. The van der Waals surface area contributed by atoms with Crippen molar-refractivity contribution in [2.75, 3.05) is 45.8 Å². The van der Waals surface area contributed by atoms with Gasteiger partial charge in [-0.1, -0.05) is 24.6 Å². The van der Waals surface area contributed by atoms with E-state index in [4.69, 9.17) is 0 Å². The molecular weight excluding hydrogens is 392 g/mol. The van der Waals surface area contributed by atoms with E-state index in [9.17, 15) is 18.0 Å². The quantitative estimate of drug-likeness (QED) is 0.704. The molecule has 0 radical (unpaired) electrons. The molecule has 29 heavy (non-hydrogen) atoms. The molecule has 0 saturated carbocycles. The number of hydrogen-bond donors (Lipinski definition) is 1. The topological polar surface area (TPSA) is 90.0 Å². The van der Waals surface area contributed by atoms with Crippen molar-refractivity contribution in [2.24, 2.45) is 0 Å². The van der Waals surface area contributed by atoms with Crippen LogP contribution < -0.4 is 5.32 Å². The van der Waals surface area contributed by atoms with Gasteiger partial charge in [0, 0.05) is 52.2 Å². The van der Waals surface area contributed by atoms with Crippen molar-refractivity contribution in [1.82, 2.24) is 19.4 Å². The van der Waals surface area contributed by atoms with Crippen LogP contribution in [0.3, 0.4) is 0 Å². The normalized spacial score (nSPS) is 19.1. The molecular formula is C20H30N4O4S. The summed E-state index contributed by atoms with van der Waals surface area (Å²) in [6.07, 6.45) is 4.47. The Bertz CT molecular complexity index is 792. The summed E-state index contributed by atoms with van der Waals surface area (Å²) in [5.41, 5.74) is 0. The van der Waals surface area contributed by atoms with E-state index in [1.165, 1.54) is 4.31 Å². The number of nitrogens with zero attached hydrogens (tertiary/aromatic N) is 3. The van der Waals surface area contributed by atoms with E-state index in [2.05, 4.69) is 5.32 Å². The van der Waals surface area contributed by atoms with Crippen LogP contribution in [0.5, 0.6) is 0 Å². The average Bonchev–Trinajstić information content (AvgIpc) is 2.96. The second-order valence-corrected chi connectivity index (χ2v) is 9.42. The summed E-state index contributed by atoms with van der Waals surface area (Å²) in [4.78, 5) is 28.2. The first kappa shape index (κ1) is 21.6. The highest BCUT2D eigenvalue weighted by atomic mass is 32.2. The van der Waals surface area contributed by atoms with Crippen molar-refractivity contribution in [3.05, 3.63) is 30.3 Å². The predicted octanol–water partition coefficient (Wildman–Crippen LogP) is 1.50. The minimum Gasteiger partial charge on any atom is -0.343 e. The number of sulfonamides is 1. The van der Waals surface area contributed by atoms with Crippen LogP contribution >= 0.6 is 0 Å². The fourth-order valence-corrected chi connectivity index (χ4v) is 5.17. The molecule has 9 heteroatoms. The van der Waals surface area contributed by atoms with Crippen LogP contribution in [0.15, 0.2) is 35.2 Å². The van der Waals surface area contributed by atoms with Gasteiger partial charge < -0.3 is 15.1 Å². The molecule has 0 atom stereocenters. The standard InChI is InChI=1S/C20H30N4O4S/c25-19-10-5-2-6-12-22(19)13-7-11-21-20(26)23-14-16-24(17-15-23)29(27,28)18-8-3-1-4-9-18/h1,3-4,8-9H,2,5-7,10-17H2,(H,21,26). The molecule has 3 rings (SSSR count). The number of carbonyl (C=O) groups is 2. The van der Waals surface area contributed by atoms with Crippen LogP contribution in [0.25, 0.3) is 0 Å². The highest BCUT2D eigenvalue weighted by molar-refractivity contribution is 7.89. The average molecular weight is 423 g/mol. The van der Waals surface area contributed by atoms with E-state index in [0.29, 0.717) is 32.6 Å². The molecule has 2 aliphatic rings. The van der Waals surface area contributed by atoms with Gasteiger partial charge in [0.25, 0.3) is 0 Å². The van der Waals surface area contributed by atoms with E-state index >= 15 is 0 Å². The van der Waals surface area contributed by atoms with Gasteiger partial charge in [-0.05, 0) is 31.4 Å².